The SMILES string of the molecule is CC1(C)c2ccccc2-c2c(N(c3cccc(-c4cccc5cccc(-c6ccccc6)c45)c3)c3ccc4c(c3)sc3ccc(C5CCCCC5)cc34)cccc21. The lowest BCUT2D eigenvalue weighted by Crippen LogP contribution is -2.16. The molecular formula is C55H45NS. The first kappa shape index (κ1) is 34.3. The van der Waals surface area contributed by atoms with Crippen molar-refractivity contribution in [3.8, 4) is 33.4 Å². The standard InChI is InChI=1S/C55H45NS/c1-55(2)48-26-10-9-23-46(48)54-49(55)27-14-28-50(54)56(42-30-31-45-47-34-39(36-15-5-3-6-16-36)29-32-51(47)57-52(45)35-42)41-22-11-21-40(33-41)44-25-13-20-38-19-12-24-43(53(38)44)37-17-7-4-8-18-37/h4,7-14,17-36H,3,5-6,15-16H2,1-2H3. The zero-order valence-electron chi connectivity index (χ0n) is 32.6. The van der Waals surface area contributed by atoms with Gasteiger partial charge in [0.1, 0.15) is 0 Å². The quantitative estimate of drug-likeness (QED) is 0.164. The average molecular weight is 752 g/mol. The largest absolute Gasteiger partial charge is 0.310 e. The molecule has 1 saturated carbocycles. The van der Waals surface area contributed by atoms with Crippen molar-refractivity contribution in [2.75, 3.05) is 4.90 Å². The number of nitrogens with zero attached hydrogens (tertiary/aromatic N) is 1. The van der Waals surface area contributed by atoms with E-state index in [2.05, 4.69) is 189 Å². The fraction of sp³-hybridized carbons (Fsp3) is 0.164. The topological polar surface area (TPSA) is 3.24 Å². The highest BCUT2D eigenvalue weighted by Gasteiger charge is 2.37. The number of rotatable bonds is 6. The Balaban J connectivity index is 1.12. The van der Waals surface area contributed by atoms with Gasteiger partial charge in [0.15, 0.2) is 0 Å². The third-order valence-corrected chi connectivity index (χ3v) is 14.2. The Labute approximate surface area is 339 Å². The summed E-state index contributed by atoms with van der Waals surface area (Å²) >= 11 is 1.93. The van der Waals surface area contributed by atoms with Crippen molar-refractivity contribution >= 4 is 59.3 Å². The first-order chi connectivity index (χ1) is 28.0. The predicted octanol–water partition coefficient (Wildman–Crippen LogP) is 16.4. The molecule has 1 aromatic heterocycles. The summed E-state index contributed by atoms with van der Waals surface area (Å²) in [7, 11) is 0. The van der Waals surface area contributed by atoms with E-state index in [1.54, 1.807) is 0 Å². The van der Waals surface area contributed by atoms with Crippen LogP contribution in [-0.4, -0.2) is 0 Å². The van der Waals surface area contributed by atoms with Crippen molar-refractivity contribution in [2.45, 2.75) is 57.3 Å². The van der Waals surface area contributed by atoms with E-state index < -0.39 is 0 Å². The summed E-state index contributed by atoms with van der Waals surface area (Å²) in [5.74, 6) is 0.693. The van der Waals surface area contributed by atoms with E-state index in [1.807, 2.05) is 11.3 Å². The molecule has 0 bridgehead atoms. The molecule has 0 amide bonds. The number of hydrogen-bond acceptors (Lipinski definition) is 2. The molecule has 57 heavy (non-hydrogen) atoms. The molecule has 1 nitrogen and oxygen atoms in total. The van der Waals surface area contributed by atoms with Gasteiger partial charge in [-0.3, -0.25) is 0 Å². The highest BCUT2D eigenvalue weighted by atomic mass is 32.1. The van der Waals surface area contributed by atoms with Crippen LogP contribution in [0, 0.1) is 0 Å². The van der Waals surface area contributed by atoms with Crippen LogP contribution in [0.15, 0.2) is 170 Å². The number of thiophene rings is 1. The van der Waals surface area contributed by atoms with Gasteiger partial charge in [0.2, 0.25) is 0 Å². The molecule has 0 atom stereocenters. The highest BCUT2D eigenvalue weighted by Crippen LogP contribution is 2.55. The maximum atomic E-state index is 2.53. The van der Waals surface area contributed by atoms with Gasteiger partial charge in [0, 0.05) is 42.5 Å². The van der Waals surface area contributed by atoms with Crippen LogP contribution in [0.4, 0.5) is 17.1 Å². The number of anilines is 3. The third-order valence-electron chi connectivity index (χ3n) is 13.0. The van der Waals surface area contributed by atoms with E-state index >= 15 is 0 Å². The third kappa shape index (κ3) is 5.64. The van der Waals surface area contributed by atoms with Crippen LogP contribution in [0.25, 0.3) is 64.3 Å². The van der Waals surface area contributed by atoms with E-state index in [9.17, 15) is 0 Å². The molecule has 2 aliphatic carbocycles. The van der Waals surface area contributed by atoms with Gasteiger partial charge in [0.25, 0.3) is 0 Å². The van der Waals surface area contributed by atoms with E-state index in [0.29, 0.717) is 5.92 Å². The maximum Gasteiger partial charge on any atom is 0.0543 e. The first-order valence-electron chi connectivity index (χ1n) is 20.7. The van der Waals surface area contributed by atoms with Crippen molar-refractivity contribution in [2.24, 2.45) is 0 Å². The molecule has 1 fully saturated rings. The minimum absolute atomic E-state index is 0.0995. The number of fused-ring (bicyclic) bond motifs is 7. The second kappa shape index (κ2) is 13.6. The van der Waals surface area contributed by atoms with Crippen LogP contribution in [0.5, 0.6) is 0 Å². The second-order valence-corrected chi connectivity index (χ2v) is 17.8. The van der Waals surface area contributed by atoms with Crippen LogP contribution >= 0.6 is 11.3 Å². The fourth-order valence-corrected chi connectivity index (χ4v) is 11.3. The lowest BCUT2D eigenvalue weighted by molar-refractivity contribution is 0.444. The molecule has 8 aromatic carbocycles. The maximum absolute atomic E-state index is 2.53. The van der Waals surface area contributed by atoms with Crippen molar-refractivity contribution in [3.63, 3.8) is 0 Å². The van der Waals surface area contributed by atoms with Crippen molar-refractivity contribution in [3.05, 3.63) is 187 Å². The number of hydrogen-bond donors (Lipinski definition) is 0. The van der Waals surface area contributed by atoms with E-state index in [4.69, 9.17) is 0 Å². The molecule has 2 heteroatoms. The summed E-state index contributed by atoms with van der Waals surface area (Å²) < 4.78 is 2.70. The molecule has 0 N–H and O–H groups in total. The molecule has 2 aliphatic rings. The molecule has 9 aromatic rings. The van der Waals surface area contributed by atoms with E-state index in [0.717, 1.165) is 5.69 Å². The molecular weight excluding hydrogens is 707 g/mol. The molecule has 0 unspecified atom stereocenters. The minimum Gasteiger partial charge on any atom is -0.310 e. The molecule has 0 saturated heterocycles. The molecule has 11 rings (SSSR count). The molecule has 276 valence electrons. The Kier molecular flexibility index (Phi) is 8.19. The van der Waals surface area contributed by atoms with Gasteiger partial charge < -0.3 is 4.90 Å². The highest BCUT2D eigenvalue weighted by molar-refractivity contribution is 7.25. The summed E-state index contributed by atoms with van der Waals surface area (Å²) in [6, 6.07) is 64.0. The van der Waals surface area contributed by atoms with Crippen LogP contribution < -0.4 is 4.90 Å². The summed E-state index contributed by atoms with van der Waals surface area (Å²) in [5.41, 5.74) is 15.3. The van der Waals surface area contributed by atoms with Crippen molar-refractivity contribution in [1.82, 2.24) is 0 Å². The summed E-state index contributed by atoms with van der Waals surface area (Å²) in [6.07, 6.45) is 6.73. The van der Waals surface area contributed by atoms with Crippen molar-refractivity contribution < 1.29 is 0 Å². The van der Waals surface area contributed by atoms with Crippen LogP contribution in [0.1, 0.15) is 68.6 Å². The molecule has 0 aliphatic heterocycles. The summed E-state index contributed by atoms with van der Waals surface area (Å²) in [5, 5.41) is 5.29. The Morgan fingerprint density at radius 2 is 1.19 bits per heavy atom. The zero-order valence-corrected chi connectivity index (χ0v) is 33.5. The van der Waals surface area contributed by atoms with Gasteiger partial charge in [-0.1, -0.05) is 161 Å². The molecule has 0 radical (unpaired) electrons. The second-order valence-electron chi connectivity index (χ2n) is 16.7. The van der Waals surface area contributed by atoms with Gasteiger partial charge in [-0.25, -0.2) is 0 Å². The molecule has 1 heterocycles. The van der Waals surface area contributed by atoms with E-state index in [1.165, 1.54) is 124 Å². The Morgan fingerprint density at radius 1 is 0.509 bits per heavy atom. The number of benzene rings is 8. The fourth-order valence-electron chi connectivity index (χ4n) is 10.2. The lowest BCUT2D eigenvalue weighted by atomic mass is 9.82. The van der Waals surface area contributed by atoms with Crippen LogP contribution in [0.3, 0.4) is 0 Å². The summed E-state index contributed by atoms with van der Waals surface area (Å²) in [6.45, 7) is 4.75. The van der Waals surface area contributed by atoms with Gasteiger partial charge in [-0.15, -0.1) is 11.3 Å². The average Bonchev–Trinajstić information content (AvgIpc) is 3.75. The Hall–Kier alpha value is -5.96. The predicted molar refractivity (Wildman–Crippen MR) is 246 cm³/mol. The molecule has 0 spiro atoms. The van der Waals surface area contributed by atoms with Crippen LogP contribution in [0.2, 0.25) is 0 Å². The lowest BCUT2D eigenvalue weighted by Gasteiger charge is -2.29. The first-order valence-corrected chi connectivity index (χ1v) is 21.5. The minimum atomic E-state index is -0.0995. The van der Waals surface area contributed by atoms with E-state index in [-0.39, 0.29) is 5.41 Å². The van der Waals surface area contributed by atoms with Gasteiger partial charge >= 0.3 is 0 Å². The van der Waals surface area contributed by atoms with Gasteiger partial charge in [0.05, 0.1) is 5.69 Å². The Bertz CT molecular complexity index is 2970. The van der Waals surface area contributed by atoms with Crippen LogP contribution in [-0.2, 0) is 5.41 Å². The normalized spacial score (nSPS) is 14.9. The monoisotopic (exact) mass is 751 g/mol. The summed E-state index contributed by atoms with van der Waals surface area (Å²) in [4.78, 5) is 2.53. The van der Waals surface area contributed by atoms with Gasteiger partial charge in [-0.05, 0) is 117 Å². The zero-order chi connectivity index (χ0) is 38.1. The smallest absolute Gasteiger partial charge is 0.0543 e. The van der Waals surface area contributed by atoms with Gasteiger partial charge in [-0.2, -0.15) is 0 Å². The van der Waals surface area contributed by atoms with Crippen molar-refractivity contribution in [1.29, 1.82) is 0 Å². The Morgan fingerprint density at radius 3 is 2.04 bits per heavy atom.